The van der Waals surface area contributed by atoms with Gasteiger partial charge in [-0.15, -0.1) is 11.3 Å². The number of para-hydroxylation sites is 1. The lowest BCUT2D eigenvalue weighted by molar-refractivity contribution is -0.384. The van der Waals surface area contributed by atoms with Crippen molar-refractivity contribution in [1.29, 1.82) is 0 Å². The number of rotatable bonds is 5. The molecule has 0 aliphatic carbocycles. The van der Waals surface area contributed by atoms with Gasteiger partial charge >= 0.3 is 0 Å². The summed E-state index contributed by atoms with van der Waals surface area (Å²) in [5.74, 6) is 0.128. The molecule has 2 aromatic carbocycles. The number of thiazole rings is 1. The minimum Gasteiger partial charge on any atom is -0.325 e. The number of nitro benzene ring substituents is 1. The Hall–Kier alpha value is -2.45. The molecular weight excluding hydrogens is 358 g/mol. The van der Waals surface area contributed by atoms with Gasteiger partial charge in [-0.2, -0.15) is 0 Å². The summed E-state index contributed by atoms with van der Waals surface area (Å²) in [6.45, 7) is 3.91. The predicted octanol–water partition coefficient (Wildman–Crippen LogP) is 4.55. The fraction of sp³-hybridized carbons (Fsp3) is 0.176. The molecule has 0 bridgehead atoms. The summed E-state index contributed by atoms with van der Waals surface area (Å²) in [5, 5.41) is 13.8. The molecule has 1 amide bonds. The van der Waals surface area contributed by atoms with Crippen LogP contribution in [0, 0.1) is 24.0 Å². The van der Waals surface area contributed by atoms with Gasteiger partial charge in [0, 0.05) is 17.8 Å². The summed E-state index contributed by atoms with van der Waals surface area (Å²) >= 11 is 2.68. The minimum absolute atomic E-state index is 0.0421. The largest absolute Gasteiger partial charge is 0.325 e. The molecule has 0 fully saturated rings. The van der Waals surface area contributed by atoms with Crippen molar-refractivity contribution in [2.75, 3.05) is 11.1 Å². The van der Waals surface area contributed by atoms with Crippen molar-refractivity contribution in [3.63, 3.8) is 0 Å². The van der Waals surface area contributed by atoms with Crippen LogP contribution in [0.15, 0.2) is 40.7 Å². The van der Waals surface area contributed by atoms with Gasteiger partial charge in [-0.05, 0) is 31.0 Å². The average molecular weight is 373 g/mol. The van der Waals surface area contributed by atoms with E-state index in [2.05, 4.69) is 10.3 Å². The van der Waals surface area contributed by atoms with Crippen LogP contribution in [0.25, 0.3) is 10.2 Å². The van der Waals surface area contributed by atoms with Crippen LogP contribution in [0.4, 0.5) is 11.4 Å². The minimum atomic E-state index is -0.427. The number of fused-ring (bicyclic) bond motifs is 1. The number of anilines is 1. The van der Waals surface area contributed by atoms with Crippen molar-refractivity contribution in [3.05, 3.63) is 57.6 Å². The zero-order valence-electron chi connectivity index (χ0n) is 13.6. The highest BCUT2D eigenvalue weighted by atomic mass is 32.2. The number of benzene rings is 2. The lowest BCUT2D eigenvalue weighted by Gasteiger charge is -2.10. The molecule has 1 N–H and O–H groups in total. The van der Waals surface area contributed by atoms with Crippen molar-refractivity contribution in [2.45, 2.75) is 18.2 Å². The molecule has 0 aliphatic rings. The van der Waals surface area contributed by atoms with E-state index in [1.165, 1.54) is 35.2 Å². The molecule has 0 unspecified atom stereocenters. The molecule has 25 heavy (non-hydrogen) atoms. The molecule has 1 aromatic heterocycles. The Kier molecular flexibility index (Phi) is 5.00. The first-order valence-corrected chi connectivity index (χ1v) is 9.28. The number of hydrogen-bond donors (Lipinski definition) is 1. The number of hydrogen-bond acceptors (Lipinski definition) is 6. The quantitative estimate of drug-likeness (QED) is 0.403. The summed E-state index contributed by atoms with van der Waals surface area (Å²) in [6, 6.07) is 10.4. The number of carbonyl (C=O) groups is 1. The first-order valence-electron chi connectivity index (χ1n) is 7.48. The number of thioether (sulfide) groups is 1. The standard InChI is InChI=1S/C17H15N3O3S2/c1-10-4-3-5-11(2)16(10)19-15(21)9-24-17-18-13-7-6-12(20(22)23)8-14(13)25-17/h3-8H,9H2,1-2H3,(H,19,21). The Labute approximate surface area is 152 Å². The first-order chi connectivity index (χ1) is 11.9. The van der Waals surface area contributed by atoms with Crippen LogP contribution < -0.4 is 5.32 Å². The zero-order chi connectivity index (χ0) is 18.0. The Morgan fingerprint density at radius 1 is 1.28 bits per heavy atom. The maximum atomic E-state index is 12.2. The normalized spacial score (nSPS) is 10.8. The second-order valence-corrected chi connectivity index (χ2v) is 7.75. The van der Waals surface area contributed by atoms with Gasteiger partial charge in [0.1, 0.15) is 0 Å². The van der Waals surface area contributed by atoms with E-state index in [4.69, 9.17) is 0 Å². The molecule has 3 rings (SSSR count). The van der Waals surface area contributed by atoms with E-state index in [0.29, 0.717) is 9.86 Å². The highest BCUT2D eigenvalue weighted by Gasteiger charge is 2.13. The summed E-state index contributed by atoms with van der Waals surface area (Å²) in [6.07, 6.45) is 0. The SMILES string of the molecule is Cc1cccc(C)c1NC(=O)CSc1nc2ccc([N+](=O)[O-])cc2s1. The third kappa shape index (κ3) is 3.97. The van der Waals surface area contributed by atoms with Gasteiger partial charge < -0.3 is 5.32 Å². The molecule has 1 heterocycles. The smallest absolute Gasteiger partial charge is 0.270 e. The molecule has 6 nitrogen and oxygen atoms in total. The molecule has 0 radical (unpaired) electrons. The van der Waals surface area contributed by atoms with Gasteiger partial charge in [0.15, 0.2) is 4.34 Å². The molecule has 0 saturated carbocycles. The molecule has 0 spiro atoms. The Morgan fingerprint density at radius 2 is 2.00 bits per heavy atom. The summed E-state index contributed by atoms with van der Waals surface area (Å²) in [4.78, 5) is 27.0. The molecule has 0 aliphatic heterocycles. The maximum absolute atomic E-state index is 12.2. The van der Waals surface area contributed by atoms with E-state index in [0.717, 1.165) is 21.5 Å². The predicted molar refractivity (Wildman–Crippen MR) is 102 cm³/mol. The summed E-state index contributed by atoms with van der Waals surface area (Å²) < 4.78 is 1.46. The van der Waals surface area contributed by atoms with E-state index in [-0.39, 0.29) is 17.3 Å². The van der Waals surface area contributed by atoms with Crippen molar-refractivity contribution < 1.29 is 9.72 Å². The van der Waals surface area contributed by atoms with E-state index >= 15 is 0 Å². The third-order valence-electron chi connectivity index (χ3n) is 3.64. The van der Waals surface area contributed by atoms with Crippen molar-refractivity contribution >= 4 is 50.6 Å². The average Bonchev–Trinajstić information content (AvgIpc) is 2.98. The molecule has 0 atom stereocenters. The number of nitrogens with one attached hydrogen (secondary N) is 1. The van der Waals surface area contributed by atoms with E-state index in [1.54, 1.807) is 6.07 Å². The number of amides is 1. The Balaban J connectivity index is 1.68. The van der Waals surface area contributed by atoms with Crippen LogP contribution in [0.2, 0.25) is 0 Å². The second-order valence-electron chi connectivity index (χ2n) is 5.49. The van der Waals surface area contributed by atoms with Gasteiger partial charge in [0.25, 0.3) is 5.69 Å². The molecule has 8 heteroatoms. The van der Waals surface area contributed by atoms with Crippen LogP contribution >= 0.6 is 23.1 Å². The van der Waals surface area contributed by atoms with E-state index < -0.39 is 4.92 Å². The van der Waals surface area contributed by atoms with Crippen molar-refractivity contribution in [1.82, 2.24) is 4.98 Å². The number of aryl methyl sites for hydroxylation is 2. The van der Waals surface area contributed by atoms with Crippen molar-refractivity contribution in [3.8, 4) is 0 Å². The lowest BCUT2D eigenvalue weighted by atomic mass is 10.1. The number of nitrogens with zero attached hydrogens (tertiary/aromatic N) is 2. The summed E-state index contributed by atoms with van der Waals surface area (Å²) in [7, 11) is 0. The molecule has 3 aromatic rings. The topological polar surface area (TPSA) is 85.1 Å². The number of aromatic nitrogens is 1. The zero-order valence-corrected chi connectivity index (χ0v) is 15.2. The van der Waals surface area contributed by atoms with Crippen LogP contribution in [-0.4, -0.2) is 21.6 Å². The monoisotopic (exact) mass is 373 g/mol. The molecule has 128 valence electrons. The van der Waals surface area contributed by atoms with E-state index in [1.807, 2.05) is 32.0 Å². The molecular formula is C17H15N3O3S2. The number of nitro groups is 1. The van der Waals surface area contributed by atoms with Crippen molar-refractivity contribution in [2.24, 2.45) is 0 Å². The Morgan fingerprint density at radius 3 is 2.68 bits per heavy atom. The van der Waals surface area contributed by atoms with Gasteiger partial charge in [-0.25, -0.2) is 4.98 Å². The molecule has 0 saturated heterocycles. The lowest BCUT2D eigenvalue weighted by Crippen LogP contribution is -2.15. The number of carbonyl (C=O) groups excluding carboxylic acids is 1. The van der Waals surface area contributed by atoms with Crippen LogP contribution in [0.3, 0.4) is 0 Å². The number of non-ortho nitro benzene ring substituents is 1. The fourth-order valence-electron chi connectivity index (χ4n) is 2.38. The first kappa shape index (κ1) is 17.4. The van der Waals surface area contributed by atoms with Gasteiger partial charge in [-0.1, -0.05) is 30.0 Å². The summed E-state index contributed by atoms with van der Waals surface area (Å²) in [5.41, 5.74) is 3.62. The maximum Gasteiger partial charge on any atom is 0.270 e. The van der Waals surface area contributed by atoms with Crippen LogP contribution in [0.5, 0.6) is 0 Å². The highest BCUT2D eigenvalue weighted by Crippen LogP contribution is 2.32. The van der Waals surface area contributed by atoms with Crippen LogP contribution in [-0.2, 0) is 4.79 Å². The third-order valence-corrected chi connectivity index (χ3v) is 5.80. The fourth-order valence-corrected chi connectivity index (χ4v) is 4.28. The Bertz CT molecular complexity index is 949. The van der Waals surface area contributed by atoms with Gasteiger partial charge in [0.2, 0.25) is 5.91 Å². The van der Waals surface area contributed by atoms with E-state index in [9.17, 15) is 14.9 Å². The van der Waals surface area contributed by atoms with Crippen LogP contribution in [0.1, 0.15) is 11.1 Å². The van der Waals surface area contributed by atoms with Gasteiger partial charge in [0.05, 0.1) is 20.9 Å². The second kappa shape index (κ2) is 7.20. The van der Waals surface area contributed by atoms with Gasteiger partial charge in [-0.3, -0.25) is 14.9 Å². The highest BCUT2D eigenvalue weighted by molar-refractivity contribution is 8.01.